The van der Waals surface area contributed by atoms with Crippen molar-refractivity contribution in [3.05, 3.63) is 34.3 Å². The van der Waals surface area contributed by atoms with Gasteiger partial charge in [-0.1, -0.05) is 28.1 Å². The molecule has 1 saturated heterocycles. The molecule has 1 aromatic rings. The quantitative estimate of drug-likeness (QED) is 0.875. The molecule has 0 bridgehead atoms. The van der Waals surface area contributed by atoms with Crippen LogP contribution in [0.4, 0.5) is 0 Å². The van der Waals surface area contributed by atoms with Gasteiger partial charge in [0.15, 0.2) is 0 Å². The molecule has 2 unspecified atom stereocenters. The first kappa shape index (κ1) is 13.0. The summed E-state index contributed by atoms with van der Waals surface area (Å²) in [7, 11) is 0. The number of nitrogens with one attached hydrogen (secondary N) is 1. The molecule has 0 aliphatic carbocycles. The third-order valence-electron chi connectivity index (χ3n) is 3.03. The first-order valence-electron chi connectivity index (χ1n) is 5.97. The molecule has 0 radical (unpaired) electrons. The predicted molar refractivity (Wildman–Crippen MR) is 70.9 cm³/mol. The van der Waals surface area contributed by atoms with Gasteiger partial charge in [0.1, 0.15) is 0 Å². The Bertz CT molecular complexity index is 353. The Morgan fingerprint density at radius 1 is 1.53 bits per heavy atom. The Balaban J connectivity index is 1.74. The van der Waals surface area contributed by atoms with Crippen molar-refractivity contribution < 1.29 is 9.84 Å². The van der Waals surface area contributed by atoms with Gasteiger partial charge in [-0.3, -0.25) is 0 Å². The molecule has 2 atom stereocenters. The van der Waals surface area contributed by atoms with Crippen LogP contribution in [0.25, 0.3) is 0 Å². The SMILES string of the molecule is OC(CNCC1CCOC1)c1cccc(Br)c1. The molecule has 94 valence electrons. The molecule has 1 fully saturated rings. The summed E-state index contributed by atoms with van der Waals surface area (Å²) in [6.07, 6.45) is 0.676. The number of hydrogen-bond donors (Lipinski definition) is 2. The highest BCUT2D eigenvalue weighted by Crippen LogP contribution is 2.18. The van der Waals surface area contributed by atoms with E-state index in [2.05, 4.69) is 21.2 Å². The summed E-state index contributed by atoms with van der Waals surface area (Å²) in [5.74, 6) is 0.602. The monoisotopic (exact) mass is 299 g/mol. The second kappa shape index (κ2) is 6.50. The summed E-state index contributed by atoms with van der Waals surface area (Å²) in [5, 5.41) is 13.3. The van der Waals surface area contributed by atoms with E-state index >= 15 is 0 Å². The molecule has 0 aromatic heterocycles. The van der Waals surface area contributed by atoms with Gasteiger partial charge in [-0.25, -0.2) is 0 Å². The highest BCUT2D eigenvalue weighted by Gasteiger charge is 2.15. The molecule has 1 aliphatic heterocycles. The van der Waals surface area contributed by atoms with E-state index in [9.17, 15) is 5.11 Å². The molecular weight excluding hydrogens is 282 g/mol. The van der Waals surface area contributed by atoms with Crippen LogP contribution >= 0.6 is 15.9 Å². The van der Waals surface area contributed by atoms with Crippen LogP contribution in [0.2, 0.25) is 0 Å². The lowest BCUT2D eigenvalue weighted by molar-refractivity contribution is 0.166. The number of benzene rings is 1. The molecule has 1 aliphatic rings. The lowest BCUT2D eigenvalue weighted by Gasteiger charge is -2.14. The van der Waals surface area contributed by atoms with Crippen molar-refractivity contribution in [2.75, 3.05) is 26.3 Å². The summed E-state index contributed by atoms with van der Waals surface area (Å²) in [4.78, 5) is 0. The Kier molecular flexibility index (Phi) is 4.98. The Hall–Kier alpha value is -0.420. The third kappa shape index (κ3) is 4.07. The number of halogens is 1. The smallest absolute Gasteiger partial charge is 0.0914 e. The first-order valence-corrected chi connectivity index (χ1v) is 6.77. The number of rotatable bonds is 5. The highest BCUT2D eigenvalue weighted by atomic mass is 79.9. The van der Waals surface area contributed by atoms with Crippen LogP contribution in [0.3, 0.4) is 0 Å². The molecule has 0 saturated carbocycles. The predicted octanol–water partition coefficient (Wildman–Crippen LogP) is 2.11. The minimum atomic E-state index is -0.449. The van der Waals surface area contributed by atoms with Gasteiger partial charge in [0.05, 0.1) is 12.7 Å². The van der Waals surface area contributed by atoms with Crippen LogP contribution in [0.15, 0.2) is 28.7 Å². The molecule has 4 heteroatoms. The Morgan fingerprint density at radius 2 is 2.41 bits per heavy atom. The minimum Gasteiger partial charge on any atom is -0.387 e. The van der Waals surface area contributed by atoms with Crippen molar-refractivity contribution in [3.8, 4) is 0 Å². The van der Waals surface area contributed by atoms with Crippen LogP contribution in [0, 0.1) is 5.92 Å². The average molecular weight is 300 g/mol. The zero-order chi connectivity index (χ0) is 12.1. The number of aliphatic hydroxyl groups is 1. The van der Waals surface area contributed by atoms with E-state index in [1.54, 1.807) is 0 Å². The number of aliphatic hydroxyl groups excluding tert-OH is 1. The molecule has 1 heterocycles. The van der Waals surface area contributed by atoms with Crippen molar-refractivity contribution in [1.82, 2.24) is 5.32 Å². The fraction of sp³-hybridized carbons (Fsp3) is 0.538. The minimum absolute atomic E-state index is 0.449. The van der Waals surface area contributed by atoms with Gasteiger partial charge in [0, 0.05) is 24.2 Å². The zero-order valence-electron chi connectivity index (χ0n) is 9.73. The summed E-state index contributed by atoms with van der Waals surface area (Å²) in [5.41, 5.74) is 0.939. The van der Waals surface area contributed by atoms with Crippen LogP contribution in [0.1, 0.15) is 18.1 Å². The van der Waals surface area contributed by atoms with Gasteiger partial charge in [0.25, 0.3) is 0 Å². The molecule has 1 aromatic carbocycles. The van der Waals surface area contributed by atoms with E-state index in [-0.39, 0.29) is 0 Å². The largest absolute Gasteiger partial charge is 0.387 e. The van der Waals surface area contributed by atoms with Crippen LogP contribution in [0.5, 0.6) is 0 Å². The summed E-state index contributed by atoms with van der Waals surface area (Å²) < 4.78 is 6.30. The normalized spacial score (nSPS) is 21.6. The molecule has 2 N–H and O–H groups in total. The fourth-order valence-corrected chi connectivity index (χ4v) is 2.42. The standard InChI is InChI=1S/C13H18BrNO2/c14-12-3-1-2-11(6-12)13(16)8-15-7-10-4-5-17-9-10/h1-3,6,10,13,15-16H,4-5,7-9H2. The molecular formula is C13H18BrNO2. The lowest BCUT2D eigenvalue weighted by Crippen LogP contribution is -2.27. The summed E-state index contributed by atoms with van der Waals surface area (Å²) >= 11 is 3.40. The maximum absolute atomic E-state index is 10.0. The first-order chi connectivity index (χ1) is 8.25. The fourth-order valence-electron chi connectivity index (χ4n) is 2.00. The lowest BCUT2D eigenvalue weighted by atomic mass is 10.1. The second-order valence-corrected chi connectivity index (χ2v) is 5.37. The second-order valence-electron chi connectivity index (χ2n) is 4.46. The topological polar surface area (TPSA) is 41.5 Å². The van der Waals surface area contributed by atoms with E-state index in [1.807, 2.05) is 24.3 Å². The number of ether oxygens (including phenoxy) is 1. The maximum Gasteiger partial charge on any atom is 0.0914 e. The van der Waals surface area contributed by atoms with Crippen LogP contribution in [-0.2, 0) is 4.74 Å². The number of hydrogen-bond acceptors (Lipinski definition) is 3. The van der Waals surface area contributed by atoms with Gasteiger partial charge in [-0.15, -0.1) is 0 Å². The molecule has 0 spiro atoms. The molecule has 2 rings (SSSR count). The van der Waals surface area contributed by atoms with Gasteiger partial charge in [-0.05, 0) is 30.0 Å². The van der Waals surface area contributed by atoms with E-state index in [1.165, 1.54) is 0 Å². The maximum atomic E-state index is 10.0. The molecule has 0 amide bonds. The summed E-state index contributed by atoms with van der Waals surface area (Å²) in [6, 6.07) is 7.79. The van der Waals surface area contributed by atoms with Gasteiger partial charge in [-0.2, -0.15) is 0 Å². The van der Waals surface area contributed by atoms with Crippen molar-refractivity contribution >= 4 is 15.9 Å². The van der Waals surface area contributed by atoms with Crippen molar-refractivity contribution in [1.29, 1.82) is 0 Å². The van der Waals surface area contributed by atoms with E-state index in [4.69, 9.17) is 4.74 Å². The average Bonchev–Trinajstić information content (AvgIpc) is 2.82. The van der Waals surface area contributed by atoms with E-state index < -0.39 is 6.10 Å². The van der Waals surface area contributed by atoms with Crippen molar-refractivity contribution in [3.63, 3.8) is 0 Å². The third-order valence-corrected chi connectivity index (χ3v) is 3.52. The zero-order valence-corrected chi connectivity index (χ0v) is 11.3. The van der Waals surface area contributed by atoms with Gasteiger partial charge in [0.2, 0.25) is 0 Å². The molecule has 17 heavy (non-hydrogen) atoms. The van der Waals surface area contributed by atoms with Crippen molar-refractivity contribution in [2.24, 2.45) is 5.92 Å². The van der Waals surface area contributed by atoms with E-state index in [0.29, 0.717) is 12.5 Å². The van der Waals surface area contributed by atoms with Crippen LogP contribution in [-0.4, -0.2) is 31.4 Å². The van der Waals surface area contributed by atoms with E-state index in [0.717, 1.165) is 36.2 Å². The van der Waals surface area contributed by atoms with Gasteiger partial charge >= 0.3 is 0 Å². The Labute approximate surface area is 110 Å². The van der Waals surface area contributed by atoms with Gasteiger partial charge < -0.3 is 15.2 Å². The molecule has 3 nitrogen and oxygen atoms in total. The summed E-state index contributed by atoms with van der Waals surface area (Å²) in [6.45, 7) is 3.23. The Morgan fingerprint density at radius 3 is 3.12 bits per heavy atom. The highest BCUT2D eigenvalue weighted by molar-refractivity contribution is 9.10. The van der Waals surface area contributed by atoms with Crippen molar-refractivity contribution in [2.45, 2.75) is 12.5 Å². The van der Waals surface area contributed by atoms with Crippen LogP contribution < -0.4 is 5.32 Å².